The van der Waals surface area contributed by atoms with E-state index in [0.29, 0.717) is 0 Å². The van der Waals surface area contributed by atoms with Gasteiger partial charge in [-0.2, -0.15) is 5.10 Å². The van der Waals surface area contributed by atoms with Crippen molar-refractivity contribution in [2.24, 2.45) is 0 Å². The summed E-state index contributed by atoms with van der Waals surface area (Å²) in [7, 11) is 1.99. The summed E-state index contributed by atoms with van der Waals surface area (Å²) >= 11 is 5.93. The van der Waals surface area contributed by atoms with E-state index in [1.54, 1.807) is 6.33 Å². The molecule has 0 spiro atoms. The van der Waals surface area contributed by atoms with Gasteiger partial charge in [0.1, 0.15) is 12.2 Å². The van der Waals surface area contributed by atoms with Gasteiger partial charge >= 0.3 is 0 Å². The number of hydrogen-bond acceptors (Lipinski definition) is 3. The van der Waals surface area contributed by atoms with Gasteiger partial charge in [0.25, 0.3) is 0 Å². The Kier molecular flexibility index (Phi) is 5.98. The van der Waals surface area contributed by atoms with Gasteiger partial charge in [-0.1, -0.05) is 22.9 Å². The Labute approximate surface area is 141 Å². The maximum absolute atomic E-state index is 4.40. The summed E-state index contributed by atoms with van der Waals surface area (Å²) in [4.78, 5) is 4.40. The third-order valence-electron chi connectivity index (χ3n) is 3.20. The highest BCUT2D eigenvalue weighted by Crippen LogP contribution is 2.26. The fourth-order valence-corrected chi connectivity index (χ4v) is 3.27. The molecule has 1 heterocycles. The average Bonchev–Trinajstić information content (AvgIpc) is 2.87. The molecule has 0 amide bonds. The van der Waals surface area contributed by atoms with Crippen molar-refractivity contribution in [3.63, 3.8) is 0 Å². The predicted octanol–water partition coefficient (Wildman–Crippen LogP) is 3.56. The maximum atomic E-state index is 4.40. The number of nitrogens with zero attached hydrogens (tertiary/aromatic N) is 3. The van der Waals surface area contributed by atoms with Gasteiger partial charge in [-0.3, -0.25) is 4.68 Å². The van der Waals surface area contributed by atoms with Crippen LogP contribution < -0.4 is 5.32 Å². The minimum absolute atomic E-state index is 0.235. The van der Waals surface area contributed by atoms with E-state index in [1.807, 2.05) is 11.7 Å². The minimum Gasteiger partial charge on any atom is -0.313 e. The SMILES string of the molecule is CCCn1ncnc1CC(NC)c1cc(Br)ccc1I. The molecule has 6 heteroatoms. The van der Waals surface area contributed by atoms with E-state index in [0.717, 1.165) is 29.7 Å². The summed E-state index contributed by atoms with van der Waals surface area (Å²) in [5.41, 5.74) is 1.29. The second-order valence-corrected chi connectivity index (χ2v) is 6.69. The molecule has 1 aromatic carbocycles. The standard InChI is InChI=1S/C14H18BrIN4/c1-3-6-20-14(18-9-19-20)8-13(17-2)11-7-10(15)4-5-12(11)16/h4-5,7,9,13,17H,3,6,8H2,1-2H3. The Hall–Kier alpha value is -0.470. The van der Waals surface area contributed by atoms with Crippen LogP contribution in [-0.2, 0) is 13.0 Å². The Bertz CT molecular complexity index is 570. The first kappa shape index (κ1) is 15.9. The van der Waals surface area contributed by atoms with Crippen molar-refractivity contribution < 1.29 is 0 Å². The van der Waals surface area contributed by atoms with E-state index in [9.17, 15) is 0 Å². The zero-order chi connectivity index (χ0) is 14.5. The van der Waals surface area contributed by atoms with E-state index in [1.165, 1.54) is 9.13 Å². The summed E-state index contributed by atoms with van der Waals surface area (Å²) in [6.07, 6.45) is 3.54. The Morgan fingerprint density at radius 3 is 2.95 bits per heavy atom. The Balaban J connectivity index is 2.24. The van der Waals surface area contributed by atoms with Gasteiger partial charge < -0.3 is 5.32 Å². The molecule has 1 atom stereocenters. The molecular weight excluding hydrogens is 431 g/mol. The lowest BCUT2D eigenvalue weighted by molar-refractivity contribution is 0.516. The molecule has 108 valence electrons. The third kappa shape index (κ3) is 3.79. The summed E-state index contributed by atoms with van der Waals surface area (Å²) in [5, 5.41) is 7.68. The summed E-state index contributed by atoms with van der Waals surface area (Å²) in [6.45, 7) is 3.07. The first-order chi connectivity index (χ1) is 9.65. The number of rotatable bonds is 6. The smallest absolute Gasteiger partial charge is 0.138 e. The molecule has 0 bridgehead atoms. The highest BCUT2D eigenvalue weighted by molar-refractivity contribution is 14.1. The number of hydrogen-bond donors (Lipinski definition) is 1. The van der Waals surface area contributed by atoms with E-state index in [-0.39, 0.29) is 6.04 Å². The Morgan fingerprint density at radius 2 is 2.25 bits per heavy atom. The number of benzene rings is 1. The van der Waals surface area contributed by atoms with Gasteiger partial charge in [-0.25, -0.2) is 4.98 Å². The molecule has 0 aliphatic rings. The van der Waals surface area contributed by atoms with Crippen molar-refractivity contribution in [3.05, 3.63) is 44.0 Å². The summed E-state index contributed by atoms with van der Waals surface area (Å²) < 4.78 is 4.35. The fourth-order valence-electron chi connectivity index (χ4n) is 2.18. The molecule has 1 aromatic heterocycles. The third-order valence-corrected chi connectivity index (χ3v) is 4.68. The van der Waals surface area contributed by atoms with Crippen LogP contribution in [0.1, 0.15) is 30.8 Å². The Morgan fingerprint density at radius 1 is 1.45 bits per heavy atom. The van der Waals surface area contributed by atoms with Crippen molar-refractivity contribution in [2.75, 3.05) is 7.05 Å². The molecule has 0 aliphatic heterocycles. The second kappa shape index (κ2) is 7.51. The lowest BCUT2D eigenvalue weighted by Gasteiger charge is -2.18. The lowest BCUT2D eigenvalue weighted by atomic mass is 10.0. The van der Waals surface area contributed by atoms with Crippen LogP contribution in [0.4, 0.5) is 0 Å². The lowest BCUT2D eigenvalue weighted by Crippen LogP contribution is -2.22. The van der Waals surface area contributed by atoms with Crippen LogP contribution in [0.25, 0.3) is 0 Å². The van der Waals surface area contributed by atoms with Crippen molar-refractivity contribution in [3.8, 4) is 0 Å². The van der Waals surface area contributed by atoms with Gasteiger partial charge in [-0.15, -0.1) is 0 Å². The van der Waals surface area contributed by atoms with E-state index in [2.05, 4.69) is 79.0 Å². The highest BCUT2D eigenvalue weighted by Gasteiger charge is 2.16. The average molecular weight is 449 g/mol. The number of halogens is 2. The van der Waals surface area contributed by atoms with Crippen molar-refractivity contribution in [1.82, 2.24) is 20.1 Å². The van der Waals surface area contributed by atoms with Gasteiger partial charge in [0.2, 0.25) is 0 Å². The number of nitrogens with one attached hydrogen (secondary N) is 1. The minimum atomic E-state index is 0.235. The molecule has 0 saturated heterocycles. The molecule has 1 unspecified atom stereocenters. The number of likely N-dealkylation sites (N-methyl/N-ethyl adjacent to an activating group) is 1. The van der Waals surface area contributed by atoms with E-state index in [4.69, 9.17) is 0 Å². The zero-order valence-corrected chi connectivity index (χ0v) is 15.3. The monoisotopic (exact) mass is 448 g/mol. The van der Waals surface area contributed by atoms with Crippen molar-refractivity contribution >= 4 is 38.5 Å². The van der Waals surface area contributed by atoms with Crippen LogP contribution in [0, 0.1) is 3.57 Å². The summed E-state index contributed by atoms with van der Waals surface area (Å²) in [5.74, 6) is 1.03. The first-order valence-corrected chi connectivity index (χ1v) is 8.51. The molecule has 2 aromatic rings. The van der Waals surface area contributed by atoms with E-state index >= 15 is 0 Å². The maximum Gasteiger partial charge on any atom is 0.138 e. The van der Waals surface area contributed by atoms with Crippen LogP contribution in [0.3, 0.4) is 0 Å². The van der Waals surface area contributed by atoms with Crippen LogP contribution in [-0.4, -0.2) is 21.8 Å². The van der Waals surface area contributed by atoms with Gasteiger partial charge in [0.05, 0.1) is 0 Å². The van der Waals surface area contributed by atoms with Crippen molar-refractivity contribution in [1.29, 1.82) is 0 Å². The molecular formula is C14H18BrIN4. The molecule has 1 N–H and O–H groups in total. The molecule has 0 radical (unpaired) electrons. The van der Waals surface area contributed by atoms with Crippen molar-refractivity contribution in [2.45, 2.75) is 32.4 Å². The first-order valence-electron chi connectivity index (χ1n) is 6.64. The molecule has 20 heavy (non-hydrogen) atoms. The van der Waals surface area contributed by atoms with Gasteiger partial charge in [0, 0.05) is 27.1 Å². The fraction of sp³-hybridized carbons (Fsp3) is 0.429. The molecule has 0 aliphatic carbocycles. The summed E-state index contributed by atoms with van der Waals surface area (Å²) in [6, 6.07) is 6.60. The molecule has 4 nitrogen and oxygen atoms in total. The number of aryl methyl sites for hydroxylation is 1. The van der Waals surface area contributed by atoms with Gasteiger partial charge in [-0.05, 0) is 59.8 Å². The molecule has 0 fully saturated rings. The molecule has 0 saturated carbocycles. The zero-order valence-electron chi connectivity index (χ0n) is 11.6. The normalized spacial score (nSPS) is 12.6. The second-order valence-electron chi connectivity index (χ2n) is 4.61. The topological polar surface area (TPSA) is 42.7 Å². The van der Waals surface area contributed by atoms with Crippen LogP contribution in [0.2, 0.25) is 0 Å². The largest absolute Gasteiger partial charge is 0.313 e. The van der Waals surface area contributed by atoms with Crippen LogP contribution in [0.15, 0.2) is 29.0 Å². The highest BCUT2D eigenvalue weighted by atomic mass is 127. The van der Waals surface area contributed by atoms with E-state index < -0.39 is 0 Å². The van der Waals surface area contributed by atoms with Crippen LogP contribution in [0.5, 0.6) is 0 Å². The van der Waals surface area contributed by atoms with Gasteiger partial charge in [0.15, 0.2) is 0 Å². The molecule has 2 rings (SSSR count). The quantitative estimate of drug-likeness (QED) is 0.687. The van der Waals surface area contributed by atoms with Crippen LogP contribution >= 0.6 is 38.5 Å². The predicted molar refractivity (Wildman–Crippen MR) is 92.7 cm³/mol. The number of aromatic nitrogens is 3.